The Morgan fingerprint density at radius 3 is 2.12 bits per heavy atom. The zero-order valence-electron chi connectivity index (χ0n) is 18.8. The van der Waals surface area contributed by atoms with E-state index in [0.717, 1.165) is 31.5 Å². The summed E-state index contributed by atoms with van der Waals surface area (Å²) in [6.07, 6.45) is 2.11. The number of carbonyl (C=O) groups excluding carboxylic acids is 2. The summed E-state index contributed by atoms with van der Waals surface area (Å²) < 4.78 is 6.21. The largest absolute Gasteiger partial charge is 0.455 e. The van der Waals surface area contributed by atoms with Gasteiger partial charge in [0.25, 0.3) is 5.91 Å². The Morgan fingerprint density at radius 2 is 1.42 bits per heavy atom. The van der Waals surface area contributed by atoms with Crippen molar-refractivity contribution in [1.82, 2.24) is 14.7 Å². The molecule has 3 aromatic rings. The average molecular weight is 446 g/mol. The molecule has 2 fully saturated rings. The number of nitrogens with zero attached hydrogens (tertiary/aromatic N) is 3. The Hall–Kier alpha value is -3.61. The van der Waals surface area contributed by atoms with Crippen molar-refractivity contribution >= 4 is 22.9 Å². The normalized spacial score (nSPS) is 16.5. The summed E-state index contributed by atoms with van der Waals surface area (Å²) in [7, 11) is 0. The molecular formula is C26H27N3O4. The van der Waals surface area contributed by atoms with Gasteiger partial charge in [0.1, 0.15) is 5.76 Å². The van der Waals surface area contributed by atoms with Gasteiger partial charge < -0.3 is 19.1 Å². The Labute approximate surface area is 192 Å². The molecule has 0 spiro atoms. The van der Waals surface area contributed by atoms with Crippen LogP contribution in [0.2, 0.25) is 0 Å². The fourth-order valence-corrected chi connectivity index (χ4v) is 4.72. The predicted octanol–water partition coefficient (Wildman–Crippen LogP) is 3.74. The van der Waals surface area contributed by atoms with Crippen LogP contribution in [0.4, 0.5) is 4.79 Å². The standard InChI is InChI=1S/C26H27N3O4/c1-18-22(30)20-10-7-11-21(24(20)33-23(18)19-8-3-2-4-9-19)25(31)27-14-16-29(17-15-27)26(32)28-12-5-6-13-28/h2-4,7-11H,5-6,12-17H2,1H3. The molecule has 5 rings (SSSR count). The molecule has 0 N–H and O–H groups in total. The highest BCUT2D eigenvalue weighted by molar-refractivity contribution is 6.05. The fraction of sp³-hybridized carbons (Fsp3) is 0.346. The first kappa shape index (κ1) is 21.2. The summed E-state index contributed by atoms with van der Waals surface area (Å²) in [6, 6.07) is 14.7. The number of amides is 3. The minimum absolute atomic E-state index is 0.0683. The van der Waals surface area contributed by atoms with Crippen LogP contribution in [0, 0.1) is 6.92 Å². The third kappa shape index (κ3) is 3.88. The number of carbonyl (C=O) groups is 2. The molecule has 2 aliphatic heterocycles. The number of hydrogen-bond donors (Lipinski definition) is 0. The summed E-state index contributed by atoms with van der Waals surface area (Å²) in [4.78, 5) is 44.6. The molecule has 3 heterocycles. The van der Waals surface area contributed by atoms with Crippen molar-refractivity contribution in [2.24, 2.45) is 0 Å². The van der Waals surface area contributed by atoms with Gasteiger partial charge in [-0.1, -0.05) is 36.4 Å². The average Bonchev–Trinajstić information content (AvgIpc) is 3.41. The molecule has 2 saturated heterocycles. The molecule has 3 amide bonds. The van der Waals surface area contributed by atoms with Gasteiger partial charge in [-0.25, -0.2) is 4.79 Å². The van der Waals surface area contributed by atoms with Gasteiger partial charge >= 0.3 is 6.03 Å². The van der Waals surface area contributed by atoms with Crippen molar-refractivity contribution in [2.45, 2.75) is 19.8 Å². The molecule has 0 saturated carbocycles. The lowest BCUT2D eigenvalue weighted by atomic mass is 10.0. The number of urea groups is 1. The van der Waals surface area contributed by atoms with Crippen LogP contribution in [0.5, 0.6) is 0 Å². The van der Waals surface area contributed by atoms with Crippen LogP contribution in [0.3, 0.4) is 0 Å². The summed E-state index contributed by atoms with van der Waals surface area (Å²) in [5.74, 6) is 0.300. The molecule has 0 atom stereocenters. The van der Waals surface area contributed by atoms with E-state index in [4.69, 9.17) is 4.42 Å². The van der Waals surface area contributed by atoms with E-state index in [9.17, 15) is 14.4 Å². The highest BCUT2D eigenvalue weighted by Crippen LogP contribution is 2.28. The minimum Gasteiger partial charge on any atom is -0.455 e. The van der Waals surface area contributed by atoms with Gasteiger partial charge in [0, 0.05) is 50.4 Å². The van der Waals surface area contributed by atoms with Crippen molar-refractivity contribution in [3.63, 3.8) is 0 Å². The van der Waals surface area contributed by atoms with Crippen LogP contribution >= 0.6 is 0 Å². The molecule has 33 heavy (non-hydrogen) atoms. The topological polar surface area (TPSA) is 74.1 Å². The second-order valence-electron chi connectivity index (χ2n) is 8.69. The van der Waals surface area contributed by atoms with Gasteiger partial charge in [-0.05, 0) is 31.9 Å². The maximum Gasteiger partial charge on any atom is 0.320 e. The quantitative estimate of drug-likeness (QED) is 0.602. The lowest BCUT2D eigenvalue weighted by Gasteiger charge is -2.36. The highest BCUT2D eigenvalue weighted by atomic mass is 16.3. The van der Waals surface area contributed by atoms with Crippen LogP contribution in [-0.4, -0.2) is 65.9 Å². The van der Waals surface area contributed by atoms with Gasteiger partial charge in [-0.15, -0.1) is 0 Å². The van der Waals surface area contributed by atoms with E-state index in [-0.39, 0.29) is 17.4 Å². The summed E-state index contributed by atoms with van der Waals surface area (Å²) in [5, 5.41) is 0.404. The summed E-state index contributed by atoms with van der Waals surface area (Å²) in [5.41, 5.74) is 1.87. The second kappa shape index (κ2) is 8.73. The van der Waals surface area contributed by atoms with E-state index in [1.807, 2.05) is 40.1 Å². The van der Waals surface area contributed by atoms with Gasteiger partial charge in [0.05, 0.1) is 10.9 Å². The van der Waals surface area contributed by atoms with Gasteiger partial charge in [-0.2, -0.15) is 0 Å². The third-order valence-corrected chi connectivity index (χ3v) is 6.63. The van der Waals surface area contributed by atoms with E-state index in [1.54, 1.807) is 30.0 Å². The smallest absolute Gasteiger partial charge is 0.320 e. The molecule has 2 aromatic carbocycles. The second-order valence-corrected chi connectivity index (χ2v) is 8.69. The van der Waals surface area contributed by atoms with Crippen LogP contribution in [0.15, 0.2) is 57.7 Å². The number of hydrogen-bond acceptors (Lipinski definition) is 4. The van der Waals surface area contributed by atoms with Crippen LogP contribution in [0.1, 0.15) is 28.8 Å². The minimum atomic E-state index is -0.181. The summed E-state index contributed by atoms with van der Waals surface area (Å²) in [6.45, 7) is 5.30. The predicted molar refractivity (Wildman–Crippen MR) is 126 cm³/mol. The van der Waals surface area contributed by atoms with Crippen LogP contribution in [-0.2, 0) is 0 Å². The molecule has 7 nitrogen and oxygen atoms in total. The van der Waals surface area contributed by atoms with Gasteiger partial charge in [-0.3, -0.25) is 9.59 Å². The third-order valence-electron chi connectivity index (χ3n) is 6.63. The van der Waals surface area contributed by atoms with Crippen molar-refractivity contribution < 1.29 is 14.0 Å². The number of para-hydroxylation sites is 1. The monoisotopic (exact) mass is 445 g/mol. The summed E-state index contributed by atoms with van der Waals surface area (Å²) >= 11 is 0. The van der Waals surface area contributed by atoms with E-state index in [0.29, 0.717) is 54.0 Å². The Kier molecular flexibility index (Phi) is 5.62. The molecule has 2 aliphatic rings. The lowest BCUT2D eigenvalue weighted by Crippen LogP contribution is -2.53. The highest BCUT2D eigenvalue weighted by Gasteiger charge is 2.30. The first-order chi connectivity index (χ1) is 16.0. The van der Waals surface area contributed by atoms with Crippen molar-refractivity contribution in [2.75, 3.05) is 39.3 Å². The Morgan fingerprint density at radius 1 is 0.788 bits per heavy atom. The van der Waals surface area contributed by atoms with E-state index < -0.39 is 0 Å². The molecule has 0 unspecified atom stereocenters. The molecular weight excluding hydrogens is 418 g/mol. The number of benzene rings is 2. The first-order valence-corrected chi connectivity index (χ1v) is 11.5. The SMILES string of the molecule is Cc1c(-c2ccccc2)oc2c(C(=O)N3CCN(C(=O)N4CCCC4)CC3)cccc2c1=O. The van der Waals surface area contributed by atoms with Gasteiger partial charge in [0.15, 0.2) is 11.0 Å². The lowest BCUT2D eigenvalue weighted by molar-refractivity contribution is 0.0645. The number of piperazine rings is 1. The van der Waals surface area contributed by atoms with Gasteiger partial charge in [0.2, 0.25) is 0 Å². The molecule has 1 aromatic heterocycles. The maximum atomic E-state index is 13.4. The van der Waals surface area contributed by atoms with E-state index >= 15 is 0 Å². The zero-order chi connectivity index (χ0) is 22.9. The van der Waals surface area contributed by atoms with E-state index in [2.05, 4.69) is 0 Å². The zero-order valence-corrected chi connectivity index (χ0v) is 18.8. The van der Waals surface area contributed by atoms with E-state index in [1.165, 1.54) is 0 Å². The fourth-order valence-electron chi connectivity index (χ4n) is 4.72. The number of likely N-dealkylation sites (tertiary alicyclic amines) is 1. The van der Waals surface area contributed by atoms with Crippen molar-refractivity contribution in [3.05, 3.63) is 69.9 Å². The van der Waals surface area contributed by atoms with Crippen LogP contribution < -0.4 is 5.43 Å². The number of fused-ring (bicyclic) bond motifs is 1. The van der Waals surface area contributed by atoms with Crippen molar-refractivity contribution in [3.8, 4) is 11.3 Å². The molecule has 170 valence electrons. The Bertz CT molecular complexity index is 1250. The molecule has 0 bridgehead atoms. The maximum absolute atomic E-state index is 13.4. The molecule has 7 heteroatoms. The number of rotatable bonds is 2. The van der Waals surface area contributed by atoms with Crippen LogP contribution in [0.25, 0.3) is 22.3 Å². The molecule has 0 aliphatic carbocycles. The van der Waals surface area contributed by atoms with Crippen molar-refractivity contribution in [1.29, 1.82) is 0 Å². The Balaban J connectivity index is 1.43. The molecule has 0 radical (unpaired) electrons. The first-order valence-electron chi connectivity index (χ1n) is 11.5.